The van der Waals surface area contributed by atoms with E-state index < -0.39 is 9.84 Å². The van der Waals surface area contributed by atoms with Crippen LogP contribution in [0.25, 0.3) is 0 Å². The molecule has 0 aliphatic carbocycles. The largest absolute Gasteiger partial charge is 0.493 e. The molecule has 1 aliphatic rings. The predicted octanol–water partition coefficient (Wildman–Crippen LogP) is 1.88. The number of nitrogens with two attached hydrogens (primary N) is 1. The summed E-state index contributed by atoms with van der Waals surface area (Å²) in [6.07, 6.45) is 1.73. The van der Waals surface area contributed by atoms with Gasteiger partial charge in [0.05, 0.1) is 24.9 Å². The number of carbonyl (C=O) groups excluding carboxylic acids is 1. The second kappa shape index (κ2) is 10.1. The van der Waals surface area contributed by atoms with Crippen molar-refractivity contribution in [3.8, 4) is 11.5 Å². The number of methoxy groups -OCH3 is 2. The van der Waals surface area contributed by atoms with E-state index in [1.807, 2.05) is 0 Å². The molecule has 1 fully saturated rings. The fourth-order valence-electron chi connectivity index (χ4n) is 3.30. The van der Waals surface area contributed by atoms with Crippen molar-refractivity contribution >= 4 is 28.2 Å². The Bertz CT molecular complexity index is 741. The first-order valence-electron chi connectivity index (χ1n) is 8.76. The molecule has 27 heavy (non-hydrogen) atoms. The van der Waals surface area contributed by atoms with Crippen molar-refractivity contribution < 1.29 is 22.7 Å². The molecule has 1 aromatic rings. The minimum absolute atomic E-state index is 0. The van der Waals surface area contributed by atoms with Crippen LogP contribution in [0.15, 0.2) is 23.1 Å². The van der Waals surface area contributed by atoms with Gasteiger partial charge in [-0.1, -0.05) is 6.92 Å². The maximum absolute atomic E-state index is 12.6. The Labute approximate surface area is 167 Å². The monoisotopic (exact) mass is 420 g/mol. The van der Waals surface area contributed by atoms with Crippen LogP contribution in [0.5, 0.6) is 11.5 Å². The maximum Gasteiger partial charge on any atom is 0.223 e. The van der Waals surface area contributed by atoms with Gasteiger partial charge in [0, 0.05) is 31.6 Å². The summed E-state index contributed by atoms with van der Waals surface area (Å²) in [5, 5.41) is 0. The number of sulfone groups is 1. The normalized spacial score (nSPS) is 19.9. The molecule has 7 nitrogen and oxygen atoms in total. The van der Waals surface area contributed by atoms with Gasteiger partial charge in [-0.25, -0.2) is 8.42 Å². The summed E-state index contributed by atoms with van der Waals surface area (Å²) < 4.78 is 35.5. The van der Waals surface area contributed by atoms with Gasteiger partial charge >= 0.3 is 0 Å². The molecule has 0 aromatic heterocycles. The summed E-state index contributed by atoms with van der Waals surface area (Å²) in [5.74, 6) is 0.924. The van der Waals surface area contributed by atoms with Crippen molar-refractivity contribution in [3.05, 3.63) is 18.2 Å². The number of carbonyl (C=O) groups is 1. The molecule has 2 atom stereocenters. The molecule has 2 unspecified atom stereocenters. The van der Waals surface area contributed by atoms with Crippen LogP contribution in [0.1, 0.15) is 26.2 Å². The lowest BCUT2D eigenvalue weighted by molar-refractivity contribution is -0.134. The molecule has 1 saturated heterocycles. The summed E-state index contributed by atoms with van der Waals surface area (Å²) in [7, 11) is -0.670. The molecule has 1 aliphatic heterocycles. The van der Waals surface area contributed by atoms with Gasteiger partial charge < -0.3 is 20.1 Å². The van der Waals surface area contributed by atoms with Crippen molar-refractivity contribution in [1.29, 1.82) is 0 Å². The molecule has 1 heterocycles. The lowest BCUT2D eigenvalue weighted by Crippen LogP contribution is -2.49. The third-order valence-corrected chi connectivity index (χ3v) is 6.58. The summed E-state index contributed by atoms with van der Waals surface area (Å²) in [4.78, 5) is 14.4. The molecule has 0 radical (unpaired) electrons. The van der Waals surface area contributed by atoms with E-state index in [1.54, 1.807) is 11.0 Å². The highest BCUT2D eigenvalue weighted by Crippen LogP contribution is 2.30. The van der Waals surface area contributed by atoms with Gasteiger partial charge in [0.1, 0.15) is 0 Å². The molecular weight excluding hydrogens is 392 g/mol. The first-order chi connectivity index (χ1) is 12.3. The number of halogens is 1. The number of likely N-dealkylation sites (tertiary alicyclic amines) is 1. The van der Waals surface area contributed by atoms with Gasteiger partial charge in [0.25, 0.3) is 0 Å². The molecule has 9 heteroatoms. The van der Waals surface area contributed by atoms with E-state index in [0.29, 0.717) is 30.5 Å². The van der Waals surface area contributed by atoms with E-state index in [1.165, 1.54) is 26.4 Å². The lowest BCUT2D eigenvalue weighted by atomic mass is 9.92. The van der Waals surface area contributed by atoms with Crippen LogP contribution in [-0.4, -0.2) is 58.3 Å². The fraction of sp³-hybridized carbons (Fsp3) is 0.611. The minimum atomic E-state index is -3.60. The zero-order valence-corrected chi connectivity index (χ0v) is 17.6. The number of ether oxygens (including phenoxy) is 2. The van der Waals surface area contributed by atoms with E-state index in [0.717, 1.165) is 12.8 Å². The predicted molar refractivity (Wildman–Crippen MR) is 106 cm³/mol. The third kappa shape index (κ3) is 5.73. The Morgan fingerprint density at radius 2 is 1.93 bits per heavy atom. The molecule has 0 spiro atoms. The van der Waals surface area contributed by atoms with Crippen molar-refractivity contribution in [2.45, 2.75) is 37.1 Å². The molecule has 0 saturated carbocycles. The second-order valence-corrected chi connectivity index (χ2v) is 8.80. The number of amides is 1. The standard InChI is InChI=1S/C18H28N2O5S.ClH/c1-13-6-8-20(14(10-13)12-19)18(21)7-9-26(22,23)15-4-5-16(24-2)17(11-15)25-3;/h4-5,11,13-14H,6-10,12,19H2,1-3H3;1H. The first-order valence-corrected chi connectivity index (χ1v) is 10.4. The van der Waals surface area contributed by atoms with E-state index in [4.69, 9.17) is 15.2 Å². The topological polar surface area (TPSA) is 98.9 Å². The van der Waals surface area contributed by atoms with Crippen molar-refractivity contribution in [2.24, 2.45) is 11.7 Å². The molecule has 1 amide bonds. The minimum Gasteiger partial charge on any atom is -0.493 e. The Kier molecular flexibility index (Phi) is 8.84. The number of hydrogen-bond acceptors (Lipinski definition) is 6. The van der Waals surface area contributed by atoms with Gasteiger partial charge in [-0.15, -0.1) is 12.4 Å². The average molecular weight is 421 g/mol. The Balaban J connectivity index is 0.00000364. The van der Waals surface area contributed by atoms with Crippen LogP contribution in [0.3, 0.4) is 0 Å². The SMILES string of the molecule is COc1ccc(S(=O)(=O)CCC(=O)N2CCC(C)CC2CN)cc1OC.Cl. The number of rotatable bonds is 7. The Morgan fingerprint density at radius 1 is 1.26 bits per heavy atom. The quantitative estimate of drug-likeness (QED) is 0.722. The second-order valence-electron chi connectivity index (χ2n) is 6.69. The van der Waals surface area contributed by atoms with Gasteiger partial charge in [-0.05, 0) is 30.9 Å². The van der Waals surface area contributed by atoms with E-state index in [9.17, 15) is 13.2 Å². The first kappa shape index (κ1) is 23.5. The van der Waals surface area contributed by atoms with Crippen LogP contribution >= 0.6 is 12.4 Å². The molecule has 0 bridgehead atoms. The van der Waals surface area contributed by atoms with Crippen LogP contribution in [0.2, 0.25) is 0 Å². The van der Waals surface area contributed by atoms with Crippen molar-refractivity contribution in [1.82, 2.24) is 4.90 Å². The maximum atomic E-state index is 12.6. The Morgan fingerprint density at radius 3 is 2.52 bits per heavy atom. The number of benzene rings is 1. The Hall–Kier alpha value is -1.51. The molecular formula is C18H29ClN2O5S. The van der Waals surface area contributed by atoms with Gasteiger partial charge in [0.2, 0.25) is 5.91 Å². The van der Waals surface area contributed by atoms with Gasteiger partial charge in [-0.3, -0.25) is 4.79 Å². The summed E-state index contributed by atoms with van der Waals surface area (Å²) in [6, 6.07) is 4.43. The molecule has 154 valence electrons. The van der Waals surface area contributed by atoms with E-state index in [2.05, 4.69) is 6.92 Å². The number of piperidine rings is 1. The van der Waals surface area contributed by atoms with Crippen LogP contribution in [0.4, 0.5) is 0 Å². The van der Waals surface area contributed by atoms with Crippen molar-refractivity contribution in [2.75, 3.05) is 33.1 Å². The van der Waals surface area contributed by atoms with Crippen molar-refractivity contribution in [3.63, 3.8) is 0 Å². The molecule has 1 aromatic carbocycles. The lowest BCUT2D eigenvalue weighted by Gasteiger charge is -2.38. The summed E-state index contributed by atoms with van der Waals surface area (Å²) in [5.41, 5.74) is 5.79. The summed E-state index contributed by atoms with van der Waals surface area (Å²) in [6.45, 7) is 3.18. The smallest absolute Gasteiger partial charge is 0.223 e. The zero-order chi connectivity index (χ0) is 19.3. The molecule has 2 rings (SSSR count). The highest BCUT2D eigenvalue weighted by atomic mass is 35.5. The fourth-order valence-corrected chi connectivity index (χ4v) is 4.54. The highest BCUT2D eigenvalue weighted by molar-refractivity contribution is 7.91. The number of hydrogen-bond donors (Lipinski definition) is 1. The van der Waals surface area contributed by atoms with Gasteiger partial charge in [-0.2, -0.15) is 0 Å². The van der Waals surface area contributed by atoms with E-state index in [-0.39, 0.29) is 41.4 Å². The van der Waals surface area contributed by atoms with Crippen LogP contribution in [-0.2, 0) is 14.6 Å². The van der Waals surface area contributed by atoms with Crippen LogP contribution < -0.4 is 15.2 Å². The third-order valence-electron chi connectivity index (χ3n) is 4.87. The zero-order valence-electron chi connectivity index (χ0n) is 16.0. The summed E-state index contributed by atoms with van der Waals surface area (Å²) >= 11 is 0. The molecule has 2 N–H and O–H groups in total. The highest BCUT2D eigenvalue weighted by Gasteiger charge is 2.29. The van der Waals surface area contributed by atoms with E-state index >= 15 is 0 Å². The van der Waals surface area contributed by atoms with Crippen LogP contribution in [0, 0.1) is 5.92 Å². The number of nitrogens with zero attached hydrogens (tertiary/aromatic N) is 1. The van der Waals surface area contributed by atoms with Gasteiger partial charge in [0.15, 0.2) is 21.3 Å². The average Bonchev–Trinajstić information content (AvgIpc) is 2.65.